The summed E-state index contributed by atoms with van der Waals surface area (Å²) in [6.45, 7) is 6.45. The van der Waals surface area contributed by atoms with Crippen molar-refractivity contribution in [3.63, 3.8) is 0 Å². The van der Waals surface area contributed by atoms with Crippen LogP contribution in [0.4, 0.5) is 30.6 Å². The van der Waals surface area contributed by atoms with Crippen LogP contribution in [0.25, 0.3) is 0 Å². The van der Waals surface area contributed by atoms with E-state index in [0.29, 0.717) is 36.2 Å². The van der Waals surface area contributed by atoms with Crippen LogP contribution in [0.5, 0.6) is 0 Å². The SMILES string of the molecule is Cc1nc(NC2CN(C(=O)Cc3cc(F)c(F)c(F)c3)C2)nc2c1NC(=O)C(C(C)C)N2C. The molecular weight excluding hydrogens is 437 g/mol. The van der Waals surface area contributed by atoms with Crippen molar-refractivity contribution in [2.75, 3.05) is 35.7 Å². The number of carbonyl (C=O) groups excluding carboxylic acids is 2. The van der Waals surface area contributed by atoms with Crippen LogP contribution in [0.2, 0.25) is 0 Å². The summed E-state index contributed by atoms with van der Waals surface area (Å²) in [4.78, 5) is 37.2. The normalized spacial score (nSPS) is 18.2. The first-order chi connectivity index (χ1) is 15.5. The van der Waals surface area contributed by atoms with Crippen LogP contribution in [-0.4, -0.2) is 58.9 Å². The zero-order chi connectivity index (χ0) is 24.0. The number of likely N-dealkylation sites (tertiary alicyclic amines) is 1. The average molecular weight is 462 g/mol. The molecular formula is C22H25F3N6O2. The summed E-state index contributed by atoms with van der Waals surface area (Å²) in [6.07, 6.45) is -0.226. The van der Waals surface area contributed by atoms with E-state index >= 15 is 0 Å². The maximum atomic E-state index is 13.4. The van der Waals surface area contributed by atoms with E-state index in [1.54, 1.807) is 6.92 Å². The molecule has 176 valence electrons. The van der Waals surface area contributed by atoms with Crippen molar-refractivity contribution in [2.45, 2.75) is 39.3 Å². The average Bonchev–Trinajstić information content (AvgIpc) is 2.69. The van der Waals surface area contributed by atoms with Crippen molar-refractivity contribution in [2.24, 2.45) is 5.92 Å². The Morgan fingerprint density at radius 1 is 1.21 bits per heavy atom. The molecule has 0 radical (unpaired) electrons. The zero-order valence-electron chi connectivity index (χ0n) is 18.7. The van der Waals surface area contributed by atoms with Crippen LogP contribution in [0.3, 0.4) is 0 Å². The van der Waals surface area contributed by atoms with Gasteiger partial charge in [0.05, 0.1) is 18.2 Å². The summed E-state index contributed by atoms with van der Waals surface area (Å²) in [5.74, 6) is -3.51. The van der Waals surface area contributed by atoms with E-state index in [1.165, 1.54) is 4.90 Å². The van der Waals surface area contributed by atoms with E-state index in [2.05, 4.69) is 20.6 Å². The molecule has 1 unspecified atom stereocenters. The van der Waals surface area contributed by atoms with Crippen LogP contribution in [-0.2, 0) is 16.0 Å². The van der Waals surface area contributed by atoms with Gasteiger partial charge in [0.1, 0.15) is 11.7 Å². The highest BCUT2D eigenvalue weighted by Crippen LogP contribution is 2.34. The van der Waals surface area contributed by atoms with Crippen molar-refractivity contribution < 1.29 is 22.8 Å². The van der Waals surface area contributed by atoms with Gasteiger partial charge in [0.15, 0.2) is 23.3 Å². The van der Waals surface area contributed by atoms with E-state index in [0.717, 1.165) is 12.1 Å². The lowest BCUT2D eigenvalue weighted by Crippen LogP contribution is -2.57. The molecule has 0 aliphatic carbocycles. The molecule has 2 N–H and O–H groups in total. The number of aryl methyl sites for hydroxylation is 1. The summed E-state index contributed by atoms with van der Waals surface area (Å²) in [6, 6.07) is 1.21. The lowest BCUT2D eigenvalue weighted by Gasteiger charge is -2.40. The number of halogens is 3. The molecule has 8 nitrogen and oxygen atoms in total. The second kappa shape index (κ2) is 8.53. The number of amides is 2. The van der Waals surface area contributed by atoms with Crippen molar-refractivity contribution in [3.8, 4) is 0 Å². The molecule has 4 rings (SSSR count). The minimum atomic E-state index is -1.55. The molecule has 11 heteroatoms. The smallest absolute Gasteiger partial charge is 0.247 e. The topological polar surface area (TPSA) is 90.5 Å². The summed E-state index contributed by atoms with van der Waals surface area (Å²) in [7, 11) is 1.82. The van der Waals surface area contributed by atoms with Crippen LogP contribution in [0, 0.1) is 30.3 Å². The number of anilines is 3. The first-order valence-corrected chi connectivity index (χ1v) is 10.6. The Hall–Kier alpha value is -3.37. The van der Waals surface area contributed by atoms with Gasteiger partial charge in [-0.25, -0.2) is 18.2 Å². The predicted molar refractivity (Wildman–Crippen MR) is 116 cm³/mol. The molecule has 2 amide bonds. The van der Waals surface area contributed by atoms with E-state index in [4.69, 9.17) is 0 Å². The Kier molecular flexibility index (Phi) is 5.89. The summed E-state index contributed by atoms with van der Waals surface area (Å²) < 4.78 is 39.8. The highest BCUT2D eigenvalue weighted by molar-refractivity contribution is 6.03. The lowest BCUT2D eigenvalue weighted by molar-refractivity contribution is -0.134. The Morgan fingerprint density at radius 2 is 1.85 bits per heavy atom. The van der Waals surface area contributed by atoms with E-state index in [1.807, 2.05) is 25.8 Å². The van der Waals surface area contributed by atoms with Gasteiger partial charge in [0.25, 0.3) is 0 Å². The molecule has 2 aliphatic heterocycles. The number of nitrogens with zero attached hydrogens (tertiary/aromatic N) is 4. The van der Waals surface area contributed by atoms with Gasteiger partial charge in [-0.2, -0.15) is 4.98 Å². The predicted octanol–water partition coefficient (Wildman–Crippen LogP) is 2.48. The second-order valence-electron chi connectivity index (χ2n) is 8.81. The number of carbonyl (C=O) groups is 2. The number of hydrogen-bond acceptors (Lipinski definition) is 6. The quantitative estimate of drug-likeness (QED) is 0.664. The fourth-order valence-corrected chi connectivity index (χ4v) is 4.23. The fraction of sp³-hybridized carbons (Fsp3) is 0.455. The van der Waals surface area contributed by atoms with Gasteiger partial charge in [-0.05, 0) is 30.5 Å². The van der Waals surface area contributed by atoms with Crippen LogP contribution < -0.4 is 15.5 Å². The van der Waals surface area contributed by atoms with E-state index in [9.17, 15) is 22.8 Å². The number of nitrogens with one attached hydrogen (secondary N) is 2. The molecule has 0 saturated carbocycles. The van der Waals surface area contributed by atoms with Gasteiger partial charge in [0, 0.05) is 20.1 Å². The summed E-state index contributed by atoms with van der Waals surface area (Å²) >= 11 is 0. The van der Waals surface area contributed by atoms with Crippen LogP contribution in [0.1, 0.15) is 25.1 Å². The van der Waals surface area contributed by atoms with Crippen molar-refractivity contribution in [3.05, 3.63) is 40.8 Å². The molecule has 3 heterocycles. The molecule has 2 aliphatic rings. The molecule has 1 aromatic carbocycles. The highest BCUT2D eigenvalue weighted by atomic mass is 19.2. The first kappa shape index (κ1) is 22.8. The van der Waals surface area contributed by atoms with Gasteiger partial charge in [-0.15, -0.1) is 0 Å². The minimum absolute atomic E-state index is 0.0752. The third-order valence-electron chi connectivity index (χ3n) is 5.94. The number of benzene rings is 1. The summed E-state index contributed by atoms with van der Waals surface area (Å²) in [5, 5.41) is 6.09. The van der Waals surface area contributed by atoms with Crippen molar-refractivity contribution >= 4 is 29.3 Å². The van der Waals surface area contributed by atoms with Crippen molar-refractivity contribution in [1.82, 2.24) is 14.9 Å². The number of likely N-dealkylation sites (N-methyl/N-ethyl adjacent to an activating group) is 1. The maximum Gasteiger partial charge on any atom is 0.247 e. The van der Waals surface area contributed by atoms with Gasteiger partial charge < -0.3 is 20.4 Å². The molecule has 33 heavy (non-hydrogen) atoms. The Bertz CT molecular complexity index is 1100. The second-order valence-corrected chi connectivity index (χ2v) is 8.81. The maximum absolute atomic E-state index is 13.4. The Morgan fingerprint density at radius 3 is 2.45 bits per heavy atom. The Labute approximate surface area is 189 Å². The van der Waals surface area contributed by atoms with Gasteiger partial charge >= 0.3 is 0 Å². The van der Waals surface area contributed by atoms with Gasteiger partial charge in [0.2, 0.25) is 17.8 Å². The van der Waals surface area contributed by atoms with Gasteiger partial charge in [-0.3, -0.25) is 9.59 Å². The van der Waals surface area contributed by atoms with E-state index < -0.39 is 17.5 Å². The van der Waals surface area contributed by atoms with Crippen LogP contribution in [0.15, 0.2) is 12.1 Å². The lowest BCUT2D eigenvalue weighted by atomic mass is 9.99. The van der Waals surface area contributed by atoms with E-state index in [-0.39, 0.29) is 41.8 Å². The first-order valence-electron chi connectivity index (χ1n) is 10.6. The largest absolute Gasteiger partial charge is 0.348 e. The fourth-order valence-electron chi connectivity index (χ4n) is 4.23. The third kappa shape index (κ3) is 4.31. The number of aromatic nitrogens is 2. The molecule has 0 bridgehead atoms. The highest BCUT2D eigenvalue weighted by Gasteiger charge is 2.36. The molecule has 1 aromatic heterocycles. The molecule has 1 atom stereocenters. The number of hydrogen-bond donors (Lipinski definition) is 2. The Balaban J connectivity index is 1.39. The number of rotatable bonds is 5. The molecule has 2 aromatic rings. The van der Waals surface area contributed by atoms with Gasteiger partial charge in [-0.1, -0.05) is 13.8 Å². The van der Waals surface area contributed by atoms with Crippen molar-refractivity contribution in [1.29, 1.82) is 0 Å². The standard InChI is InChI=1S/C22H25F3N6O2/c1-10(2)19-21(33)28-18-11(3)26-22(29-20(18)30(19)4)27-13-8-31(9-13)16(32)7-12-5-14(23)17(25)15(24)6-12/h5-6,10,13,19H,7-9H2,1-4H3,(H,28,33)(H,26,27,29). The summed E-state index contributed by atoms with van der Waals surface area (Å²) in [5.41, 5.74) is 1.28. The molecule has 1 fully saturated rings. The monoisotopic (exact) mass is 462 g/mol. The molecule has 1 saturated heterocycles. The third-order valence-corrected chi connectivity index (χ3v) is 5.94. The molecule has 0 spiro atoms. The zero-order valence-corrected chi connectivity index (χ0v) is 18.7. The van der Waals surface area contributed by atoms with Crippen LogP contribution >= 0.6 is 0 Å². The number of fused-ring (bicyclic) bond motifs is 1. The minimum Gasteiger partial charge on any atom is -0.348 e.